The number of anilines is 1. The summed E-state index contributed by atoms with van der Waals surface area (Å²) in [5, 5.41) is 2.86. The summed E-state index contributed by atoms with van der Waals surface area (Å²) in [5.41, 5.74) is -0.0752. The minimum Gasteiger partial charge on any atom is -0.310 e. The molecular weight excluding hydrogens is 390 g/mol. The summed E-state index contributed by atoms with van der Waals surface area (Å²) in [7, 11) is 0. The van der Waals surface area contributed by atoms with Gasteiger partial charge in [-0.05, 0) is 16.7 Å². The summed E-state index contributed by atoms with van der Waals surface area (Å²) in [6, 6.07) is 27.8. The molecule has 0 unspecified atom stereocenters. The first-order valence-corrected chi connectivity index (χ1v) is 9.96. The Morgan fingerprint density at radius 2 is 1.23 bits per heavy atom. The van der Waals surface area contributed by atoms with Gasteiger partial charge < -0.3 is 5.32 Å². The average Bonchev–Trinajstić information content (AvgIpc) is 3.12. The van der Waals surface area contributed by atoms with E-state index in [1.54, 1.807) is 0 Å². The number of benzene rings is 3. The van der Waals surface area contributed by atoms with Crippen molar-refractivity contribution in [1.29, 1.82) is 0 Å². The Hall–Kier alpha value is -4.19. The molecule has 0 atom stereocenters. The van der Waals surface area contributed by atoms with Crippen LogP contribution in [0.25, 0.3) is 0 Å². The van der Waals surface area contributed by atoms with Gasteiger partial charge in [-0.3, -0.25) is 19.1 Å². The van der Waals surface area contributed by atoms with Gasteiger partial charge in [-0.25, -0.2) is 4.79 Å². The third kappa shape index (κ3) is 2.84. The fourth-order valence-electron chi connectivity index (χ4n) is 4.37. The van der Waals surface area contributed by atoms with Gasteiger partial charge >= 0.3 is 5.69 Å². The van der Waals surface area contributed by atoms with Crippen molar-refractivity contribution >= 4 is 11.7 Å². The molecule has 2 N–H and O–H groups in total. The van der Waals surface area contributed by atoms with Gasteiger partial charge in [0.1, 0.15) is 11.2 Å². The molecule has 1 aromatic heterocycles. The number of H-pyrrole nitrogens is 1. The zero-order valence-corrected chi connectivity index (χ0v) is 16.5. The van der Waals surface area contributed by atoms with E-state index in [1.165, 1.54) is 4.57 Å². The lowest BCUT2D eigenvalue weighted by atomic mass is 9.71. The molecule has 0 bridgehead atoms. The van der Waals surface area contributed by atoms with Crippen LogP contribution in [0.15, 0.2) is 101 Å². The number of fused-ring (bicyclic) bond motifs is 1. The Bertz CT molecular complexity index is 1340. The molecule has 3 aromatic carbocycles. The Morgan fingerprint density at radius 3 is 1.77 bits per heavy atom. The Labute approximate surface area is 177 Å². The molecule has 0 fully saturated rings. The molecule has 1 aliphatic rings. The van der Waals surface area contributed by atoms with Gasteiger partial charge in [-0.1, -0.05) is 91.0 Å². The van der Waals surface area contributed by atoms with E-state index in [4.69, 9.17) is 0 Å². The zero-order chi connectivity index (χ0) is 21.4. The average molecular weight is 409 g/mol. The molecule has 31 heavy (non-hydrogen) atoms. The highest BCUT2D eigenvalue weighted by atomic mass is 16.2. The van der Waals surface area contributed by atoms with E-state index in [1.807, 2.05) is 91.0 Å². The van der Waals surface area contributed by atoms with E-state index in [9.17, 15) is 14.4 Å². The summed E-state index contributed by atoms with van der Waals surface area (Å²) >= 11 is 0. The number of carbonyl (C=O) groups excluding carboxylic acids is 1. The van der Waals surface area contributed by atoms with Gasteiger partial charge in [0.15, 0.2) is 0 Å². The maximum absolute atomic E-state index is 13.6. The molecule has 0 saturated carbocycles. The Balaban J connectivity index is 1.84. The molecule has 4 aromatic rings. The van der Waals surface area contributed by atoms with Crippen molar-refractivity contribution < 1.29 is 4.79 Å². The van der Waals surface area contributed by atoms with Crippen LogP contribution in [0.1, 0.15) is 22.3 Å². The highest BCUT2D eigenvalue weighted by molar-refractivity contribution is 6.10. The first kappa shape index (κ1) is 18.8. The lowest BCUT2D eigenvalue weighted by Gasteiger charge is -2.28. The summed E-state index contributed by atoms with van der Waals surface area (Å²) in [6.45, 7) is 0.221. The normalized spacial score (nSPS) is 14.1. The largest absolute Gasteiger partial charge is 0.330 e. The van der Waals surface area contributed by atoms with Crippen LogP contribution < -0.4 is 16.6 Å². The van der Waals surface area contributed by atoms with Crippen molar-refractivity contribution in [2.24, 2.45) is 0 Å². The van der Waals surface area contributed by atoms with Crippen molar-refractivity contribution in [2.75, 3.05) is 5.32 Å². The number of amides is 1. The third-order valence-corrected chi connectivity index (χ3v) is 5.74. The molecule has 152 valence electrons. The zero-order valence-electron chi connectivity index (χ0n) is 16.5. The van der Waals surface area contributed by atoms with Crippen molar-refractivity contribution in [2.45, 2.75) is 12.0 Å². The smallest absolute Gasteiger partial charge is 0.310 e. The molecule has 0 radical (unpaired) electrons. The predicted octanol–water partition coefficient (Wildman–Crippen LogP) is 2.87. The molecule has 2 heterocycles. The van der Waals surface area contributed by atoms with Gasteiger partial charge in [0.05, 0.1) is 12.1 Å². The predicted molar refractivity (Wildman–Crippen MR) is 118 cm³/mol. The number of aromatic amines is 1. The van der Waals surface area contributed by atoms with E-state index in [2.05, 4.69) is 10.3 Å². The van der Waals surface area contributed by atoms with Crippen LogP contribution in [0.3, 0.4) is 0 Å². The maximum atomic E-state index is 13.6. The van der Waals surface area contributed by atoms with Gasteiger partial charge in [-0.15, -0.1) is 0 Å². The first-order valence-electron chi connectivity index (χ1n) is 9.96. The first-order chi connectivity index (χ1) is 15.1. The number of nitrogens with one attached hydrogen (secondary N) is 2. The molecular formula is C25H19N3O3. The number of aromatic nitrogens is 2. The van der Waals surface area contributed by atoms with Crippen LogP contribution in [0.4, 0.5) is 5.82 Å². The maximum Gasteiger partial charge on any atom is 0.330 e. The lowest BCUT2D eigenvalue weighted by molar-refractivity contribution is -0.118. The van der Waals surface area contributed by atoms with Gasteiger partial charge in [0, 0.05) is 0 Å². The van der Waals surface area contributed by atoms with E-state index in [0.717, 1.165) is 5.56 Å². The molecule has 1 aliphatic heterocycles. The number of rotatable bonds is 4. The number of hydrogen-bond acceptors (Lipinski definition) is 3. The highest BCUT2D eigenvalue weighted by Crippen LogP contribution is 2.45. The monoisotopic (exact) mass is 409 g/mol. The van der Waals surface area contributed by atoms with Crippen molar-refractivity contribution in [1.82, 2.24) is 9.55 Å². The van der Waals surface area contributed by atoms with Crippen LogP contribution >= 0.6 is 0 Å². The van der Waals surface area contributed by atoms with E-state index < -0.39 is 16.7 Å². The molecule has 1 amide bonds. The molecule has 0 aliphatic carbocycles. The fourth-order valence-corrected chi connectivity index (χ4v) is 4.37. The second-order valence-corrected chi connectivity index (χ2v) is 7.49. The molecule has 5 rings (SSSR count). The van der Waals surface area contributed by atoms with Crippen molar-refractivity contribution in [3.05, 3.63) is 134 Å². The molecule has 6 nitrogen and oxygen atoms in total. The summed E-state index contributed by atoms with van der Waals surface area (Å²) < 4.78 is 1.41. The van der Waals surface area contributed by atoms with Gasteiger partial charge in [0.25, 0.3) is 5.56 Å². The summed E-state index contributed by atoms with van der Waals surface area (Å²) in [5.74, 6) is -0.131. The quantitative estimate of drug-likeness (QED) is 0.544. The summed E-state index contributed by atoms with van der Waals surface area (Å²) in [6.07, 6.45) is 0. The molecule has 0 spiro atoms. The van der Waals surface area contributed by atoms with E-state index in [0.29, 0.717) is 11.1 Å². The summed E-state index contributed by atoms with van der Waals surface area (Å²) in [4.78, 5) is 42.0. The lowest BCUT2D eigenvalue weighted by Crippen LogP contribution is -2.41. The molecule has 0 saturated heterocycles. The second kappa shape index (κ2) is 7.25. The van der Waals surface area contributed by atoms with Crippen molar-refractivity contribution in [3.63, 3.8) is 0 Å². The van der Waals surface area contributed by atoms with E-state index in [-0.39, 0.29) is 23.8 Å². The topological polar surface area (TPSA) is 84.0 Å². The highest BCUT2D eigenvalue weighted by Gasteiger charge is 2.53. The van der Waals surface area contributed by atoms with Crippen LogP contribution in [0, 0.1) is 0 Å². The van der Waals surface area contributed by atoms with Crippen LogP contribution in [0.2, 0.25) is 0 Å². The van der Waals surface area contributed by atoms with Crippen LogP contribution in [-0.4, -0.2) is 15.5 Å². The number of nitrogens with zero attached hydrogens (tertiary/aromatic N) is 1. The van der Waals surface area contributed by atoms with Crippen LogP contribution in [0.5, 0.6) is 0 Å². The Kier molecular flexibility index (Phi) is 4.40. The minimum absolute atomic E-state index is 0.221. The van der Waals surface area contributed by atoms with E-state index >= 15 is 0 Å². The standard InChI is InChI=1S/C25H19N3O3/c29-22-20-21(28(24(31)27-22)16-17-10-4-1-5-11-17)26-23(30)25(20,18-12-6-2-7-13-18)19-14-8-3-9-15-19/h1-15H,16H2,(H,26,30)(H,27,29,31). The Morgan fingerprint density at radius 1 is 0.710 bits per heavy atom. The number of carbonyl (C=O) groups is 1. The molecule has 6 heteroatoms. The van der Waals surface area contributed by atoms with Crippen LogP contribution in [-0.2, 0) is 16.8 Å². The third-order valence-electron chi connectivity index (χ3n) is 5.74. The van der Waals surface area contributed by atoms with Crippen molar-refractivity contribution in [3.8, 4) is 0 Å². The number of hydrogen-bond donors (Lipinski definition) is 2. The van der Waals surface area contributed by atoms with Gasteiger partial charge in [-0.2, -0.15) is 0 Å². The second-order valence-electron chi connectivity index (χ2n) is 7.49. The SMILES string of the molecule is O=C1Nc2c(c(=O)[nH]c(=O)n2Cc2ccccc2)C1(c1ccccc1)c1ccccc1. The fraction of sp³-hybridized carbons (Fsp3) is 0.0800. The van der Waals surface area contributed by atoms with Gasteiger partial charge in [0.2, 0.25) is 5.91 Å². The minimum atomic E-state index is -1.36.